The summed E-state index contributed by atoms with van der Waals surface area (Å²) < 4.78 is -0.770. The first kappa shape index (κ1) is 20.5. The number of halogens is 9. The molecule has 10 heteroatoms. The van der Waals surface area contributed by atoms with E-state index < -0.39 is 5.60 Å². The summed E-state index contributed by atoms with van der Waals surface area (Å²) in [7, 11) is 0. The first-order valence-electron chi connectivity index (χ1n) is 2.67. The number of aliphatic hydroxyl groups is 1. The quantitative estimate of drug-likeness (QED) is 0.250. The summed E-state index contributed by atoms with van der Waals surface area (Å²) in [5.41, 5.74) is -0.808. The molecule has 0 aromatic rings. The summed E-state index contributed by atoms with van der Waals surface area (Å²) >= 11 is 20.7. The Morgan fingerprint density at radius 2 is 0.643 bits per heavy atom. The molecule has 0 radical (unpaired) electrons. The Labute approximate surface area is 206 Å². The minimum atomic E-state index is -0.808. The molecular formula is C4HI9O. The highest BCUT2D eigenvalue weighted by Gasteiger charge is 2.66. The summed E-state index contributed by atoms with van der Waals surface area (Å²) in [5.74, 6) is 0. The third-order valence-corrected chi connectivity index (χ3v) is 8.26. The Bertz CT molecular complexity index is 170. The van der Waals surface area contributed by atoms with Crippen LogP contribution in [0.15, 0.2) is 0 Å². The highest BCUT2D eigenvalue weighted by atomic mass is 127. The van der Waals surface area contributed by atoms with Crippen LogP contribution in [0.25, 0.3) is 0 Å². The van der Waals surface area contributed by atoms with Gasteiger partial charge in [-0.1, -0.05) is 203 Å². The van der Waals surface area contributed by atoms with E-state index in [-0.39, 0.29) is -1.69 Å². The van der Waals surface area contributed by atoms with Crippen molar-refractivity contribution in [3.63, 3.8) is 0 Å². The zero-order valence-corrected chi connectivity index (χ0v) is 25.3. The van der Waals surface area contributed by atoms with Gasteiger partial charge >= 0.3 is 0 Å². The van der Waals surface area contributed by atoms with Gasteiger partial charge in [0.05, 0.1) is 0 Å². The molecule has 0 aromatic heterocycles. The molecule has 0 amide bonds. The first-order chi connectivity index (χ1) is 5.75. The maximum atomic E-state index is 11.0. The van der Waals surface area contributed by atoms with Gasteiger partial charge in [0.2, 0.25) is 0 Å². The second-order valence-electron chi connectivity index (χ2n) is 2.20. The Kier molecular flexibility index (Phi) is 10.6. The van der Waals surface area contributed by atoms with Gasteiger partial charge < -0.3 is 5.11 Å². The SMILES string of the molecule is OC(C(I)(I)I)(C(I)(I)I)C(I)(I)I. The van der Waals surface area contributed by atoms with Crippen LogP contribution in [-0.2, 0) is 0 Å². The van der Waals surface area contributed by atoms with Crippen LogP contribution < -0.4 is 0 Å². The van der Waals surface area contributed by atoms with Crippen molar-refractivity contribution in [2.75, 3.05) is 0 Å². The average Bonchev–Trinajstić information content (AvgIpc) is 1.77. The van der Waals surface area contributed by atoms with Crippen molar-refractivity contribution in [3.05, 3.63) is 0 Å². The van der Waals surface area contributed by atoms with Crippen LogP contribution in [0, 0.1) is 0 Å². The second-order valence-corrected chi connectivity index (χ2v) is 35.3. The molecule has 0 aliphatic rings. The molecule has 1 N–H and O–H groups in total. The molecule has 0 unspecified atom stereocenters. The summed E-state index contributed by atoms with van der Waals surface area (Å²) in [6.07, 6.45) is 0. The maximum Gasteiger partial charge on any atom is 0.162 e. The van der Waals surface area contributed by atoms with Crippen molar-refractivity contribution in [2.45, 2.75) is 3.91 Å². The fraction of sp³-hybridized carbons (Fsp3) is 1.00. The zero-order valence-electron chi connectivity index (χ0n) is 5.85. The molecule has 86 valence electrons. The van der Waals surface area contributed by atoms with Crippen molar-refractivity contribution in [3.8, 4) is 0 Å². The van der Waals surface area contributed by atoms with Gasteiger partial charge in [0.15, 0.2) is 3.91 Å². The highest BCUT2D eigenvalue weighted by molar-refractivity contribution is 14.3. The van der Waals surface area contributed by atoms with E-state index in [1.807, 2.05) is 0 Å². The third-order valence-electron chi connectivity index (χ3n) is 1.23. The molecule has 0 aliphatic heterocycles. The van der Waals surface area contributed by atoms with Crippen molar-refractivity contribution in [1.82, 2.24) is 0 Å². The third kappa shape index (κ3) is 5.06. The van der Waals surface area contributed by atoms with Crippen LogP contribution >= 0.6 is 203 Å². The van der Waals surface area contributed by atoms with Crippen LogP contribution in [0.5, 0.6) is 0 Å². The zero-order chi connectivity index (χ0) is 12.0. The molecule has 1 nitrogen and oxygen atoms in total. The lowest BCUT2D eigenvalue weighted by Crippen LogP contribution is -2.60. The van der Waals surface area contributed by atoms with Crippen molar-refractivity contribution in [2.24, 2.45) is 0 Å². The summed E-state index contributed by atoms with van der Waals surface area (Å²) in [4.78, 5) is 0. The predicted octanol–water partition coefficient (Wildman–Crippen LogP) is 6.59. The molecule has 0 bridgehead atoms. The lowest BCUT2D eigenvalue weighted by atomic mass is 10.2. The van der Waals surface area contributed by atoms with E-state index in [2.05, 4.69) is 203 Å². The van der Waals surface area contributed by atoms with Gasteiger partial charge in [0.1, 0.15) is 0 Å². The number of hydrogen-bond donors (Lipinski definition) is 1. The van der Waals surface area contributed by atoms with E-state index in [9.17, 15) is 5.11 Å². The molecule has 0 rings (SSSR count). The molecule has 0 heterocycles. The van der Waals surface area contributed by atoms with Crippen LogP contribution in [0.2, 0.25) is 0 Å². The van der Waals surface area contributed by atoms with Crippen molar-refractivity contribution >= 4 is 203 Å². The van der Waals surface area contributed by atoms with E-state index >= 15 is 0 Å². The second kappa shape index (κ2) is 7.19. The predicted molar refractivity (Wildman–Crippen MR) is 139 cm³/mol. The van der Waals surface area contributed by atoms with Crippen LogP contribution in [-0.4, -0.2) is 9.01 Å². The molecule has 0 aromatic carbocycles. The minimum Gasteiger partial charge on any atom is -0.381 e. The number of alkyl halides is 9. The van der Waals surface area contributed by atoms with Crippen LogP contribution in [0.1, 0.15) is 0 Å². The van der Waals surface area contributed by atoms with Gasteiger partial charge in [0, 0.05) is 0 Å². The fourth-order valence-corrected chi connectivity index (χ4v) is 21.7. The minimum absolute atomic E-state index is 0.257. The average molecular weight is 1210 g/mol. The molecule has 0 atom stereocenters. The standard InChI is InChI=1S/C4HI9O/c5-2(6,7)1(14,3(8,9)10)4(11,12)13/h14H. The van der Waals surface area contributed by atoms with Gasteiger partial charge in [-0.15, -0.1) is 0 Å². The van der Waals surface area contributed by atoms with Crippen molar-refractivity contribution in [1.29, 1.82) is 0 Å². The van der Waals surface area contributed by atoms with Gasteiger partial charge in [-0.05, 0) is 0 Å². The highest BCUT2D eigenvalue weighted by Crippen LogP contribution is 2.67. The van der Waals surface area contributed by atoms with Gasteiger partial charge in [-0.25, -0.2) is 0 Å². The smallest absolute Gasteiger partial charge is 0.162 e. The van der Waals surface area contributed by atoms with E-state index in [1.165, 1.54) is 0 Å². The lowest BCUT2D eigenvalue weighted by molar-refractivity contribution is 0.103. The topological polar surface area (TPSA) is 20.2 Å². The van der Waals surface area contributed by atoms with E-state index in [0.717, 1.165) is 0 Å². The van der Waals surface area contributed by atoms with E-state index in [1.54, 1.807) is 0 Å². The maximum absolute atomic E-state index is 11.0. The van der Waals surface area contributed by atoms with Gasteiger partial charge in [0.25, 0.3) is 0 Å². The Balaban J connectivity index is 5.54. The fourth-order valence-electron chi connectivity index (χ4n) is 0.482. The van der Waals surface area contributed by atoms with Crippen LogP contribution in [0.4, 0.5) is 0 Å². The molecule has 14 heavy (non-hydrogen) atoms. The molecule has 0 saturated heterocycles. The summed E-state index contributed by atoms with van der Waals surface area (Å²) in [6.45, 7) is 0. The van der Waals surface area contributed by atoms with Gasteiger partial charge in [-0.3, -0.25) is 0 Å². The molecule has 0 saturated carbocycles. The first-order valence-corrected chi connectivity index (χ1v) is 12.4. The summed E-state index contributed by atoms with van der Waals surface area (Å²) in [5, 5.41) is 11.0. The Hall–Kier alpha value is 6.53. The van der Waals surface area contributed by atoms with Gasteiger partial charge in [-0.2, -0.15) is 0 Å². The molecule has 0 aliphatic carbocycles. The Morgan fingerprint density at radius 1 is 0.500 bits per heavy atom. The number of rotatable bonds is 3. The largest absolute Gasteiger partial charge is 0.381 e. The van der Waals surface area contributed by atoms with E-state index in [0.29, 0.717) is 0 Å². The van der Waals surface area contributed by atoms with Crippen molar-refractivity contribution < 1.29 is 5.11 Å². The normalized spacial score (nSPS) is 15.9. The molecule has 0 spiro atoms. The lowest BCUT2D eigenvalue weighted by Gasteiger charge is -2.47. The molecular weight excluding hydrogens is 1210 g/mol. The summed E-state index contributed by atoms with van der Waals surface area (Å²) in [6, 6.07) is 0. The molecule has 0 fully saturated rings. The number of hydrogen-bond acceptors (Lipinski definition) is 1. The van der Waals surface area contributed by atoms with E-state index in [4.69, 9.17) is 0 Å². The monoisotopic (exact) mass is 1210 g/mol. The van der Waals surface area contributed by atoms with Crippen LogP contribution in [0.3, 0.4) is 0 Å². The Morgan fingerprint density at radius 3 is 0.643 bits per heavy atom.